The molecule has 552 valence electrons. The lowest BCUT2D eigenvalue weighted by Gasteiger charge is -2.12. The molecule has 0 atom stereocenters. The lowest BCUT2D eigenvalue weighted by atomic mass is 10.0. The quantitative estimate of drug-likeness (QED) is 0.114. The van der Waals surface area contributed by atoms with Crippen LogP contribution < -0.4 is 0 Å². The summed E-state index contributed by atoms with van der Waals surface area (Å²) in [6.07, 6.45) is 3.78. The molecule has 22 rings (SSSR count). The summed E-state index contributed by atoms with van der Waals surface area (Å²) in [6.45, 7) is 0. The molecule has 0 spiro atoms. The number of para-hydroxylation sites is 2. The predicted octanol–water partition coefficient (Wildman–Crippen LogP) is 25.9. The average Bonchev–Trinajstić information content (AvgIpc) is 0.787. The summed E-state index contributed by atoms with van der Waals surface area (Å²) in [5.41, 5.74) is 16.6. The topological polar surface area (TPSA) is 155 Å². The molecule has 0 bridgehead atoms. The molecule has 0 aliphatic carbocycles. The van der Waals surface area contributed by atoms with Crippen LogP contribution in [-0.2, 0) is 0 Å². The van der Waals surface area contributed by atoms with Gasteiger partial charge in [0.1, 0.15) is 0 Å². The van der Waals surface area contributed by atoms with Gasteiger partial charge in [0.25, 0.3) is 0 Å². The highest BCUT2D eigenvalue weighted by Gasteiger charge is 2.20. The summed E-state index contributed by atoms with van der Waals surface area (Å²) >= 11 is 0. The second kappa shape index (κ2) is 31.8. The van der Waals surface area contributed by atoms with Gasteiger partial charge in [0.05, 0.1) is 22.4 Å². The van der Waals surface area contributed by atoms with E-state index in [1.807, 2.05) is 134 Å². The normalized spacial score (nSPS) is 11.2. The standard InChI is InChI=1S/2C38H24N4.C30H20N4/c1-4-17-30-25(10-1)13-8-20-33(30)37-40-36(41-38(42-37)34-21-9-14-26-11-2-5-18-31(26)34)29-16-7-15-28(24-29)35-32-19-6-3-12-27(32)22-23-39-35;1-3-11-28-22-32(18-16-25(28)8-1)37-40-36(41-38(42-37)33-19-17-26-9-2-4-12-29(26)23-33)31-14-7-13-30(24-31)35-21-20-27-10-5-6-15-34(27)39-35;1-3-9-22(10-4-1)28-32-29(23-11-5-2-6-12-23)34-30(33-28)24-17-15-21(16-18-24)26-19-25-13-7-8-14-27(25)31-20-26/h2*1-24H;1-20H. The molecular formula is C106H68N12. The molecule has 16 aromatic carbocycles. The fraction of sp³-hybridized carbons (Fsp3) is 0. The second-order valence-electron chi connectivity index (χ2n) is 28.8. The zero-order valence-corrected chi connectivity index (χ0v) is 63.6. The number of aromatic nitrogens is 12. The predicted molar refractivity (Wildman–Crippen MR) is 481 cm³/mol. The Morgan fingerprint density at radius 2 is 0.492 bits per heavy atom. The zero-order chi connectivity index (χ0) is 78.5. The summed E-state index contributed by atoms with van der Waals surface area (Å²) in [5.74, 6) is 5.79. The van der Waals surface area contributed by atoms with Crippen LogP contribution in [0, 0.1) is 0 Å². The monoisotopic (exact) mass is 1510 g/mol. The Morgan fingerprint density at radius 3 is 1.04 bits per heavy atom. The highest BCUT2D eigenvalue weighted by Crippen LogP contribution is 2.38. The smallest absolute Gasteiger partial charge is 0.164 e. The molecule has 0 amide bonds. The van der Waals surface area contributed by atoms with Crippen molar-refractivity contribution < 1.29 is 0 Å². The molecular weight excluding hydrogens is 1440 g/mol. The van der Waals surface area contributed by atoms with Crippen molar-refractivity contribution in [2.45, 2.75) is 0 Å². The Hall–Kier alpha value is -16.2. The molecule has 0 aliphatic rings. The highest BCUT2D eigenvalue weighted by atomic mass is 15.1. The largest absolute Gasteiger partial charge is 0.256 e. The summed E-state index contributed by atoms with van der Waals surface area (Å²) in [6, 6.07) is 137. The van der Waals surface area contributed by atoms with E-state index in [1.54, 1.807) is 0 Å². The van der Waals surface area contributed by atoms with Crippen LogP contribution in [0.25, 0.3) is 212 Å². The van der Waals surface area contributed by atoms with Crippen molar-refractivity contribution in [2.75, 3.05) is 0 Å². The first kappa shape index (κ1) is 70.9. The van der Waals surface area contributed by atoms with Crippen molar-refractivity contribution >= 4 is 75.7 Å². The van der Waals surface area contributed by atoms with E-state index in [-0.39, 0.29) is 0 Å². The Morgan fingerprint density at radius 1 is 0.153 bits per heavy atom. The molecule has 0 fully saturated rings. The molecule has 0 N–H and O–H groups in total. The Kier molecular flexibility index (Phi) is 19.1. The summed E-state index contributed by atoms with van der Waals surface area (Å²) in [4.78, 5) is 58.9. The number of hydrogen-bond acceptors (Lipinski definition) is 12. The molecule has 0 saturated heterocycles. The van der Waals surface area contributed by atoms with Gasteiger partial charge in [0.15, 0.2) is 52.4 Å². The van der Waals surface area contributed by atoms with E-state index in [2.05, 4.69) is 284 Å². The summed E-state index contributed by atoms with van der Waals surface area (Å²) in [7, 11) is 0. The van der Waals surface area contributed by atoms with E-state index in [1.165, 1.54) is 10.8 Å². The van der Waals surface area contributed by atoms with Crippen LogP contribution in [0.4, 0.5) is 0 Å². The number of rotatable bonds is 12. The van der Waals surface area contributed by atoms with Crippen LogP contribution in [0.2, 0.25) is 0 Å². The van der Waals surface area contributed by atoms with Crippen molar-refractivity contribution in [2.24, 2.45) is 0 Å². The third kappa shape index (κ3) is 14.8. The third-order valence-corrected chi connectivity index (χ3v) is 21.2. The fourth-order valence-corrected chi connectivity index (χ4v) is 15.2. The average molecular weight is 1510 g/mol. The van der Waals surface area contributed by atoms with E-state index in [9.17, 15) is 0 Å². The minimum atomic E-state index is 0.623. The highest BCUT2D eigenvalue weighted by molar-refractivity contribution is 5.99. The van der Waals surface area contributed by atoms with Crippen molar-refractivity contribution in [1.82, 2.24) is 59.8 Å². The molecule has 6 heterocycles. The molecule has 12 heteroatoms. The van der Waals surface area contributed by atoms with Gasteiger partial charge >= 0.3 is 0 Å². The number of hydrogen-bond donors (Lipinski definition) is 0. The van der Waals surface area contributed by atoms with Gasteiger partial charge in [-0.3, -0.25) is 9.97 Å². The van der Waals surface area contributed by atoms with Gasteiger partial charge in [-0.05, 0) is 109 Å². The van der Waals surface area contributed by atoms with E-state index >= 15 is 0 Å². The van der Waals surface area contributed by atoms with Crippen LogP contribution in [0.3, 0.4) is 0 Å². The van der Waals surface area contributed by atoms with E-state index in [4.69, 9.17) is 54.8 Å². The molecule has 0 radical (unpaired) electrons. The first-order valence-electron chi connectivity index (χ1n) is 39.1. The van der Waals surface area contributed by atoms with Gasteiger partial charge in [-0.1, -0.05) is 346 Å². The lowest BCUT2D eigenvalue weighted by Crippen LogP contribution is -2.01. The van der Waals surface area contributed by atoms with Gasteiger partial charge in [0, 0.05) is 95.3 Å². The molecule has 22 aromatic rings. The van der Waals surface area contributed by atoms with Crippen LogP contribution >= 0.6 is 0 Å². The number of nitrogens with zero attached hydrogens (tertiary/aromatic N) is 12. The summed E-state index contributed by atoms with van der Waals surface area (Å²) in [5, 5.41) is 13.7. The first-order chi connectivity index (χ1) is 58.4. The zero-order valence-electron chi connectivity index (χ0n) is 63.6. The minimum Gasteiger partial charge on any atom is -0.256 e. The van der Waals surface area contributed by atoms with Gasteiger partial charge in [-0.25, -0.2) is 49.8 Å². The maximum atomic E-state index is 5.09. The Bertz CT molecular complexity index is 7260. The minimum absolute atomic E-state index is 0.623. The van der Waals surface area contributed by atoms with Gasteiger partial charge in [-0.15, -0.1) is 0 Å². The molecule has 6 aromatic heterocycles. The number of benzene rings is 16. The van der Waals surface area contributed by atoms with Crippen LogP contribution in [0.5, 0.6) is 0 Å². The summed E-state index contributed by atoms with van der Waals surface area (Å²) < 4.78 is 0. The maximum Gasteiger partial charge on any atom is 0.164 e. The van der Waals surface area contributed by atoms with Crippen molar-refractivity contribution in [3.05, 3.63) is 413 Å². The van der Waals surface area contributed by atoms with Crippen molar-refractivity contribution in [3.63, 3.8) is 0 Å². The van der Waals surface area contributed by atoms with Crippen LogP contribution in [0.15, 0.2) is 413 Å². The molecule has 0 aliphatic heterocycles. The van der Waals surface area contributed by atoms with E-state index in [0.717, 1.165) is 149 Å². The SMILES string of the molecule is c1cc(-c2ccc3ccccc3n2)cc(-c2nc(-c3ccc4ccccc4c3)nc(-c3ccc4ccccc4c3)n2)c1.c1cc(-c2nc(-c3cccc4ccccc34)nc(-c3cccc4ccccc34)n2)cc(-c2nccc3ccccc23)c1.c1ccc(-c2nc(-c3ccccc3)nc(-c3ccc(-c4cnc5ccccc5c4)cc3)n2)cc1. The third-order valence-electron chi connectivity index (χ3n) is 21.2. The van der Waals surface area contributed by atoms with Crippen LogP contribution in [0.1, 0.15) is 0 Å². The van der Waals surface area contributed by atoms with E-state index in [0.29, 0.717) is 52.4 Å². The molecule has 118 heavy (non-hydrogen) atoms. The van der Waals surface area contributed by atoms with Gasteiger partial charge < -0.3 is 0 Å². The second-order valence-corrected chi connectivity index (χ2v) is 28.8. The maximum absolute atomic E-state index is 5.09. The van der Waals surface area contributed by atoms with Gasteiger partial charge in [0.2, 0.25) is 0 Å². The molecule has 0 unspecified atom stereocenters. The van der Waals surface area contributed by atoms with Crippen LogP contribution in [-0.4, -0.2) is 59.8 Å². The van der Waals surface area contributed by atoms with E-state index < -0.39 is 0 Å². The first-order valence-corrected chi connectivity index (χ1v) is 39.1. The molecule has 12 nitrogen and oxygen atoms in total. The Balaban J connectivity index is 0.000000114. The number of pyridine rings is 3. The number of fused-ring (bicyclic) bond motifs is 7. The van der Waals surface area contributed by atoms with Crippen molar-refractivity contribution in [1.29, 1.82) is 0 Å². The van der Waals surface area contributed by atoms with Crippen molar-refractivity contribution in [3.8, 4) is 136 Å². The van der Waals surface area contributed by atoms with Gasteiger partial charge in [-0.2, -0.15) is 0 Å². The Labute approximate surface area is 680 Å². The molecule has 0 saturated carbocycles. The lowest BCUT2D eigenvalue weighted by molar-refractivity contribution is 1.07. The fourth-order valence-electron chi connectivity index (χ4n) is 15.2.